The van der Waals surface area contributed by atoms with Crippen LogP contribution >= 0.6 is 11.3 Å². The lowest BCUT2D eigenvalue weighted by Gasteiger charge is -2.23. The average molecular weight is 382 g/mol. The van der Waals surface area contributed by atoms with Crippen LogP contribution in [0.25, 0.3) is 11.3 Å². The van der Waals surface area contributed by atoms with E-state index in [9.17, 15) is 17.6 Å². The third-order valence-electron chi connectivity index (χ3n) is 4.39. The van der Waals surface area contributed by atoms with Crippen molar-refractivity contribution in [3.8, 4) is 11.3 Å². The zero-order chi connectivity index (χ0) is 18.0. The molecule has 1 fully saturated rings. The first-order valence-corrected chi connectivity index (χ1v) is 10.7. The molecule has 1 aliphatic heterocycles. The van der Waals surface area contributed by atoms with Crippen molar-refractivity contribution in [2.24, 2.45) is 0 Å². The van der Waals surface area contributed by atoms with Crippen LogP contribution in [0.15, 0.2) is 29.6 Å². The minimum atomic E-state index is -3.00. The van der Waals surface area contributed by atoms with E-state index in [0.29, 0.717) is 19.3 Å². The van der Waals surface area contributed by atoms with Crippen molar-refractivity contribution < 1.29 is 17.6 Å². The van der Waals surface area contributed by atoms with Gasteiger partial charge in [-0.3, -0.25) is 4.79 Å². The second-order valence-electron chi connectivity index (χ2n) is 6.19. The van der Waals surface area contributed by atoms with Gasteiger partial charge in [0.1, 0.15) is 5.82 Å². The summed E-state index contributed by atoms with van der Waals surface area (Å²) in [5.74, 6) is -0.147. The molecular weight excluding hydrogens is 363 g/mol. The maximum Gasteiger partial charge on any atom is 0.223 e. The van der Waals surface area contributed by atoms with E-state index in [2.05, 4.69) is 4.98 Å². The number of halogens is 1. The zero-order valence-corrected chi connectivity index (χ0v) is 15.4. The van der Waals surface area contributed by atoms with Crippen molar-refractivity contribution in [3.05, 3.63) is 40.5 Å². The summed E-state index contributed by atoms with van der Waals surface area (Å²) in [6.45, 7) is 0. The molecule has 0 saturated carbocycles. The lowest BCUT2D eigenvalue weighted by atomic mass is 10.2. The molecule has 0 N–H and O–H groups in total. The Bertz CT molecular complexity index is 862. The Labute approximate surface area is 150 Å². The van der Waals surface area contributed by atoms with Crippen LogP contribution in [-0.2, 0) is 21.1 Å². The number of carbonyl (C=O) groups excluding carboxylic acids is 1. The molecule has 0 radical (unpaired) electrons. The third kappa shape index (κ3) is 4.43. The molecule has 1 unspecified atom stereocenters. The monoisotopic (exact) mass is 382 g/mol. The summed E-state index contributed by atoms with van der Waals surface area (Å²) in [5.41, 5.74) is 1.60. The highest BCUT2D eigenvalue weighted by Crippen LogP contribution is 2.23. The van der Waals surface area contributed by atoms with E-state index < -0.39 is 9.84 Å². The number of hydrogen-bond acceptors (Lipinski definition) is 5. The number of sulfone groups is 1. The molecule has 1 saturated heterocycles. The number of hydrogen-bond donors (Lipinski definition) is 0. The number of carbonyl (C=O) groups is 1. The molecule has 1 atom stereocenters. The normalized spacial score (nSPS) is 19.0. The Hall–Kier alpha value is -1.80. The topological polar surface area (TPSA) is 67.3 Å². The molecule has 25 heavy (non-hydrogen) atoms. The smallest absolute Gasteiger partial charge is 0.223 e. The van der Waals surface area contributed by atoms with Crippen molar-refractivity contribution in [3.63, 3.8) is 0 Å². The molecule has 2 heterocycles. The van der Waals surface area contributed by atoms with Gasteiger partial charge in [-0.2, -0.15) is 0 Å². The van der Waals surface area contributed by atoms with Crippen LogP contribution in [0.5, 0.6) is 0 Å². The van der Waals surface area contributed by atoms with Crippen LogP contribution in [0.4, 0.5) is 4.39 Å². The van der Waals surface area contributed by atoms with Gasteiger partial charge in [-0.1, -0.05) is 0 Å². The van der Waals surface area contributed by atoms with Gasteiger partial charge in [-0.05, 0) is 30.7 Å². The van der Waals surface area contributed by atoms with Gasteiger partial charge < -0.3 is 4.90 Å². The highest BCUT2D eigenvalue weighted by Gasteiger charge is 2.32. The van der Waals surface area contributed by atoms with E-state index in [1.165, 1.54) is 23.5 Å². The van der Waals surface area contributed by atoms with E-state index in [-0.39, 0.29) is 29.3 Å². The fourth-order valence-corrected chi connectivity index (χ4v) is 5.44. The number of nitrogens with zero attached hydrogens (tertiary/aromatic N) is 2. The minimum Gasteiger partial charge on any atom is -0.342 e. The number of rotatable bonds is 5. The van der Waals surface area contributed by atoms with Gasteiger partial charge in [0.2, 0.25) is 5.91 Å². The largest absolute Gasteiger partial charge is 0.342 e. The molecule has 1 aromatic heterocycles. The lowest BCUT2D eigenvalue weighted by Crippen LogP contribution is -2.37. The second kappa shape index (κ2) is 7.21. The Morgan fingerprint density at radius 3 is 2.72 bits per heavy atom. The highest BCUT2D eigenvalue weighted by molar-refractivity contribution is 7.91. The van der Waals surface area contributed by atoms with E-state index in [0.717, 1.165) is 16.3 Å². The fraction of sp³-hybridized carbons (Fsp3) is 0.412. The Morgan fingerprint density at radius 2 is 2.08 bits per heavy atom. The molecule has 0 aliphatic carbocycles. The predicted molar refractivity (Wildman–Crippen MR) is 95.7 cm³/mol. The molecule has 2 aromatic rings. The maximum atomic E-state index is 13.0. The van der Waals surface area contributed by atoms with E-state index in [1.54, 1.807) is 24.1 Å². The third-order valence-corrected chi connectivity index (χ3v) is 7.05. The van der Waals surface area contributed by atoms with Crippen molar-refractivity contribution in [1.29, 1.82) is 0 Å². The van der Waals surface area contributed by atoms with Gasteiger partial charge in [0.15, 0.2) is 9.84 Å². The number of aromatic nitrogens is 1. The first-order valence-electron chi connectivity index (χ1n) is 8.00. The first-order chi connectivity index (χ1) is 11.8. The Balaban J connectivity index is 1.57. The molecule has 8 heteroatoms. The minimum absolute atomic E-state index is 0.0568. The van der Waals surface area contributed by atoms with Crippen LogP contribution in [0, 0.1) is 5.82 Å². The van der Waals surface area contributed by atoms with Crippen LogP contribution in [-0.4, -0.2) is 48.8 Å². The maximum absolute atomic E-state index is 13.0. The van der Waals surface area contributed by atoms with Crippen LogP contribution in [0.2, 0.25) is 0 Å². The molecular formula is C17H19FN2O3S2. The van der Waals surface area contributed by atoms with Crippen LogP contribution in [0.1, 0.15) is 17.8 Å². The predicted octanol–water partition coefficient (Wildman–Crippen LogP) is 2.53. The Kier molecular flexibility index (Phi) is 5.19. The molecule has 134 valence electrons. The molecule has 0 bridgehead atoms. The summed E-state index contributed by atoms with van der Waals surface area (Å²) in [4.78, 5) is 18.3. The van der Waals surface area contributed by atoms with E-state index in [4.69, 9.17) is 0 Å². The molecule has 1 aliphatic rings. The molecule has 1 amide bonds. The van der Waals surface area contributed by atoms with Crippen molar-refractivity contribution in [2.75, 3.05) is 18.6 Å². The van der Waals surface area contributed by atoms with Crippen LogP contribution in [0.3, 0.4) is 0 Å². The summed E-state index contributed by atoms with van der Waals surface area (Å²) in [5, 5.41) is 2.72. The number of amides is 1. The molecule has 3 rings (SSSR count). The summed E-state index contributed by atoms with van der Waals surface area (Å²) in [7, 11) is -1.34. The van der Waals surface area contributed by atoms with Gasteiger partial charge in [0.25, 0.3) is 0 Å². The molecule has 0 spiro atoms. The highest BCUT2D eigenvalue weighted by atomic mass is 32.2. The van der Waals surface area contributed by atoms with Crippen LogP contribution < -0.4 is 0 Å². The zero-order valence-electron chi connectivity index (χ0n) is 13.8. The molecule has 5 nitrogen and oxygen atoms in total. The standard InChI is InChI=1S/C17H19FN2O3S2/c1-20(14-8-9-25(22,23)11-14)17(21)7-6-16-19-15(10-24-16)12-2-4-13(18)5-3-12/h2-5,10,14H,6-9,11H2,1H3. The van der Waals surface area contributed by atoms with Gasteiger partial charge in [0.05, 0.1) is 22.2 Å². The summed E-state index contributed by atoms with van der Waals surface area (Å²) in [6, 6.07) is 5.91. The summed E-state index contributed by atoms with van der Waals surface area (Å²) < 4.78 is 36.0. The van der Waals surface area contributed by atoms with Gasteiger partial charge in [0, 0.05) is 36.9 Å². The van der Waals surface area contributed by atoms with E-state index >= 15 is 0 Å². The fourth-order valence-electron chi connectivity index (χ4n) is 2.85. The van der Waals surface area contributed by atoms with Crippen molar-refractivity contribution >= 4 is 27.1 Å². The van der Waals surface area contributed by atoms with Crippen molar-refractivity contribution in [1.82, 2.24) is 9.88 Å². The first kappa shape index (κ1) is 18.0. The average Bonchev–Trinajstić information content (AvgIpc) is 3.19. The second-order valence-corrected chi connectivity index (χ2v) is 9.37. The van der Waals surface area contributed by atoms with Gasteiger partial charge in [-0.25, -0.2) is 17.8 Å². The quantitative estimate of drug-likeness (QED) is 0.797. The lowest BCUT2D eigenvalue weighted by molar-refractivity contribution is -0.131. The Morgan fingerprint density at radius 1 is 1.36 bits per heavy atom. The number of thiazole rings is 1. The molecule has 1 aromatic carbocycles. The number of aryl methyl sites for hydroxylation is 1. The van der Waals surface area contributed by atoms with Gasteiger partial charge in [-0.15, -0.1) is 11.3 Å². The summed E-state index contributed by atoms with van der Waals surface area (Å²) >= 11 is 1.46. The summed E-state index contributed by atoms with van der Waals surface area (Å²) in [6.07, 6.45) is 1.31. The van der Waals surface area contributed by atoms with E-state index in [1.807, 2.05) is 5.38 Å². The van der Waals surface area contributed by atoms with Crippen molar-refractivity contribution in [2.45, 2.75) is 25.3 Å². The number of benzene rings is 1. The SMILES string of the molecule is CN(C(=O)CCc1nc(-c2ccc(F)cc2)cs1)C1CCS(=O)(=O)C1. The van der Waals surface area contributed by atoms with Gasteiger partial charge >= 0.3 is 0 Å².